The summed E-state index contributed by atoms with van der Waals surface area (Å²) in [6.45, 7) is 2.30. The Labute approximate surface area is 184 Å². The number of carbonyl (C=O) groups is 1. The number of nitrogens with two attached hydrogens (primary N) is 1. The molecule has 170 valence electrons. The molecule has 0 bridgehead atoms. The van der Waals surface area contributed by atoms with Gasteiger partial charge in [0.05, 0.1) is 23.5 Å². The first-order valence-corrected chi connectivity index (χ1v) is 10.8. The number of aromatic nitrogens is 2. The zero-order valence-electron chi connectivity index (χ0n) is 18.3. The van der Waals surface area contributed by atoms with Crippen molar-refractivity contribution in [3.63, 3.8) is 0 Å². The van der Waals surface area contributed by atoms with Gasteiger partial charge >= 0.3 is 5.69 Å². The van der Waals surface area contributed by atoms with Gasteiger partial charge in [-0.05, 0) is 43.6 Å². The van der Waals surface area contributed by atoms with Gasteiger partial charge < -0.3 is 15.3 Å². The SMILES string of the molecule is Cn1c(=O)n(C)c2cc(C(CC(N)=O)c3oc(CN4CCCCC4)cc(=O)c3O)ccc21. The van der Waals surface area contributed by atoms with Crippen molar-refractivity contribution >= 4 is 16.9 Å². The smallest absolute Gasteiger partial charge is 0.328 e. The molecule has 0 radical (unpaired) electrons. The Morgan fingerprint density at radius 3 is 2.47 bits per heavy atom. The minimum atomic E-state index is -0.763. The average molecular weight is 441 g/mol. The highest BCUT2D eigenvalue weighted by atomic mass is 16.4. The predicted octanol–water partition coefficient (Wildman–Crippen LogP) is 1.53. The molecule has 32 heavy (non-hydrogen) atoms. The third-order valence-electron chi connectivity index (χ3n) is 6.25. The molecule has 9 heteroatoms. The van der Waals surface area contributed by atoms with Crippen molar-refractivity contribution in [2.24, 2.45) is 19.8 Å². The fourth-order valence-corrected chi connectivity index (χ4v) is 4.51. The first kappa shape index (κ1) is 21.9. The Bertz CT molecular complexity index is 1280. The Morgan fingerprint density at radius 1 is 1.09 bits per heavy atom. The van der Waals surface area contributed by atoms with Crippen LogP contribution < -0.4 is 16.9 Å². The molecule has 2 aromatic heterocycles. The molecule has 0 saturated carbocycles. The number of fused-ring (bicyclic) bond motifs is 1. The van der Waals surface area contributed by atoms with Crippen LogP contribution in [0.15, 0.2) is 38.3 Å². The van der Waals surface area contributed by atoms with Gasteiger partial charge in [-0.25, -0.2) is 4.79 Å². The van der Waals surface area contributed by atoms with Crippen LogP contribution in [-0.4, -0.2) is 38.1 Å². The van der Waals surface area contributed by atoms with E-state index in [4.69, 9.17) is 10.2 Å². The fourth-order valence-electron chi connectivity index (χ4n) is 4.51. The fraction of sp³-hybridized carbons (Fsp3) is 0.435. The van der Waals surface area contributed by atoms with E-state index >= 15 is 0 Å². The van der Waals surface area contributed by atoms with Crippen LogP contribution in [0, 0.1) is 0 Å². The first-order chi connectivity index (χ1) is 15.3. The number of hydrogen-bond acceptors (Lipinski definition) is 6. The minimum absolute atomic E-state index is 0.0172. The summed E-state index contributed by atoms with van der Waals surface area (Å²) < 4.78 is 9.04. The molecular weight excluding hydrogens is 412 g/mol. The van der Waals surface area contributed by atoms with Gasteiger partial charge in [-0.3, -0.25) is 23.6 Å². The lowest BCUT2D eigenvalue weighted by atomic mass is 9.91. The molecular formula is C23H28N4O5. The summed E-state index contributed by atoms with van der Waals surface area (Å²) in [5, 5.41) is 10.6. The third kappa shape index (κ3) is 4.08. The van der Waals surface area contributed by atoms with Crippen molar-refractivity contribution in [3.05, 3.63) is 62.1 Å². The second-order valence-corrected chi connectivity index (χ2v) is 8.50. The standard InChI is InChI=1S/C23H28N4O5/c1-25-17-7-6-14(10-18(17)26(2)23(25)31)16(12-20(24)29)22-21(30)19(28)11-15(32-22)13-27-8-4-3-5-9-27/h6-7,10-11,16,30H,3-5,8-9,12-13H2,1-2H3,(H2,24,29). The zero-order chi connectivity index (χ0) is 23.0. The largest absolute Gasteiger partial charge is 0.502 e. The molecule has 3 heterocycles. The van der Waals surface area contributed by atoms with Gasteiger partial charge in [-0.1, -0.05) is 12.5 Å². The van der Waals surface area contributed by atoms with Crippen molar-refractivity contribution in [2.45, 2.75) is 38.1 Å². The van der Waals surface area contributed by atoms with E-state index in [-0.39, 0.29) is 17.9 Å². The van der Waals surface area contributed by atoms with Gasteiger partial charge in [0.1, 0.15) is 5.76 Å². The van der Waals surface area contributed by atoms with E-state index in [1.807, 2.05) is 0 Å². The van der Waals surface area contributed by atoms with Gasteiger partial charge in [0, 0.05) is 26.6 Å². The maximum absolute atomic E-state index is 12.5. The molecule has 3 aromatic rings. The molecule has 1 amide bonds. The van der Waals surface area contributed by atoms with Crippen LogP contribution in [0.3, 0.4) is 0 Å². The summed E-state index contributed by atoms with van der Waals surface area (Å²) in [7, 11) is 3.34. The van der Waals surface area contributed by atoms with Crippen molar-refractivity contribution in [2.75, 3.05) is 13.1 Å². The van der Waals surface area contributed by atoms with E-state index in [0.717, 1.165) is 31.4 Å². The number of nitrogens with zero attached hydrogens (tertiary/aromatic N) is 3. The lowest BCUT2D eigenvalue weighted by Gasteiger charge is -2.26. The van der Waals surface area contributed by atoms with E-state index < -0.39 is 23.0 Å². The highest BCUT2D eigenvalue weighted by Crippen LogP contribution is 2.34. The normalized spacial score (nSPS) is 15.8. The second-order valence-electron chi connectivity index (χ2n) is 8.50. The van der Waals surface area contributed by atoms with Crippen LogP contribution in [0.25, 0.3) is 11.0 Å². The average Bonchev–Trinajstić information content (AvgIpc) is 2.99. The number of hydrogen-bond donors (Lipinski definition) is 2. The van der Waals surface area contributed by atoms with E-state index in [2.05, 4.69) is 4.90 Å². The van der Waals surface area contributed by atoms with Crippen LogP contribution in [0.1, 0.15) is 48.7 Å². The molecule has 3 N–H and O–H groups in total. The number of carbonyl (C=O) groups excluding carboxylic acids is 1. The topological polar surface area (TPSA) is 124 Å². The number of benzene rings is 1. The number of likely N-dealkylation sites (tertiary alicyclic amines) is 1. The molecule has 0 spiro atoms. The van der Waals surface area contributed by atoms with Crippen LogP contribution in [0.4, 0.5) is 0 Å². The van der Waals surface area contributed by atoms with E-state index in [0.29, 0.717) is 23.4 Å². The van der Waals surface area contributed by atoms with Crippen LogP contribution in [0.5, 0.6) is 5.75 Å². The number of amides is 1. The van der Waals surface area contributed by atoms with Gasteiger partial charge in [0.25, 0.3) is 0 Å². The summed E-state index contributed by atoms with van der Waals surface area (Å²) >= 11 is 0. The van der Waals surface area contributed by atoms with Gasteiger partial charge in [0.15, 0.2) is 5.76 Å². The summed E-state index contributed by atoms with van der Waals surface area (Å²) in [6, 6.07) is 6.60. The third-order valence-corrected chi connectivity index (χ3v) is 6.25. The maximum Gasteiger partial charge on any atom is 0.328 e. The lowest BCUT2D eigenvalue weighted by Crippen LogP contribution is -2.29. The summed E-state index contributed by atoms with van der Waals surface area (Å²) in [5.41, 5.74) is 6.78. The van der Waals surface area contributed by atoms with E-state index in [1.54, 1.807) is 32.3 Å². The Kier molecular flexibility index (Phi) is 5.92. The molecule has 0 aliphatic carbocycles. The Morgan fingerprint density at radius 2 is 1.78 bits per heavy atom. The van der Waals surface area contributed by atoms with Crippen molar-refractivity contribution in [1.82, 2.24) is 14.0 Å². The molecule has 1 atom stereocenters. The molecule has 4 rings (SSSR count). The Hall–Kier alpha value is -3.33. The number of imidazole rings is 1. The number of primary amides is 1. The highest BCUT2D eigenvalue weighted by molar-refractivity contribution is 5.79. The maximum atomic E-state index is 12.5. The van der Waals surface area contributed by atoms with E-state index in [9.17, 15) is 19.5 Å². The first-order valence-electron chi connectivity index (χ1n) is 10.8. The lowest BCUT2D eigenvalue weighted by molar-refractivity contribution is -0.118. The van der Waals surface area contributed by atoms with Crippen molar-refractivity contribution in [1.29, 1.82) is 0 Å². The number of rotatable bonds is 6. The molecule has 1 saturated heterocycles. The minimum Gasteiger partial charge on any atom is -0.502 e. The van der Waals surface area contributed by atoms with Crippen LogP contribution >= 0.6 is 0 Å². The number of piperidine rings is 1. The molecule has 1 aromatic carbocycles. The van der Waals surface area contributed by atoms with E-state index in [1.165, 1.54) is 21.6 Å². The molecule has 1 unspecified atom stereocenters. The van der Waals surface area contributed by atoms with Crippen LogP contribution in [0.2, 0.25) is 0 Å². The van der Waals surface area contributed by atoms with Crippen LogP contribution in [-0.2, 0) is 25.4 Å². The molecule has 1 aliphatic rings. The molecule has 1 aliphatic heterocycles. The van der Waals surface area contributed by atoms with Crippen molar-refractivity contribution in [3.8, 4) is 5.75 Å². The monoisotopic (exact) mass is 440 g/mol. The highest BCUT2D eigenvalue weighted by Gasteiger charge is 2.27. The number of aryl methyl sites for hydroxylation is 2. The summed E-state index contributed by atoms with van der Waals surface area (Å²) in [5.74, 6) is -1.43. The predicted molar refractivity (Wildman–Crippen MR) is 120 cm³/mol. The van der Waals surface area contributed by atoms with Gasteiger partial charge in [0.2, 0.25) is 17.1 Å². The summed E-state index contributed by atoms with van der Waals surface area (Å²) in [4.78, 5) is 38.9. The summed E-state index contributed by atoms with van der Waals surface area (Å²) in [6.07, 6.45) is 3.22. The zero-order valence-corrected chi connectivity index (χ0v) is 18.3. The Balaban J connectivity index is 1.80. The molecule has 1 fully saturated rings. The second kappa shape index (κ2) is 8.66. The quantitative estimate of drug-likeness (QED) is 0.599. The number of aromatic hydroxyl groups is 1. The van der Waals surface area contributed by atoms with Gasteiger partial charge in [-0.2, -0.15) is 0 Å². The van der Waals surface area contributed by atoms with Gasteiger partial charge in [-0.15, -0.1) is 0 Å². The molecule has 9 nitrogen and oxygen atoms in total. The van der Waals surface area contributed by atoms with Crippen molar-refractivity contribution < 1.29 is 14.3 Å².